The number of nitrogens with zero attached hydrogens (tertiary/aromatic N) is 2. The second kappa shape index (κ2) is 7.19. The first-order chi connectivity index (χ1) is 10.1. The van der Waals surface area contributed by atoms with Crippen molar-refractivity contribution in [1.82, 2.24) is 14.8 Å². The zero-order valence-corrected chi connectivity index (χ0v) is 13.0. The number of hydrogen-bond acceptors (Lipinski definition) is 4. The SMILES string of the molecule is CN(C)CCn1cc(C(=O)NCc2cccs2)ccc1=O. The molecule has 0 radical (unpaired) electrons. The van der Waals surface area contributed by atoms with Crippen molar-refractivity contribution in [2.24, 2.45) is 0 Å². The van der Waals surface area contributed by atoms with Crippen molar-refractivity contribution in [1.29, 1.82) is 0 Å². The van der Waals surface area contributed by atoms with E-state index >= 15 is 0 Å². The van der Waals surface area contributed by atoms with Crippen molar-refractivity contribution >= 4 is 17.2 Å². The standard InChI is InChI=1S/C15H19N3O2S/c1-17(2)7-8-18-11-12(5-6-14(18)19)15(20)16-10-13-4-3-9-21-13/h3-6,9,11H,7-8,10H2,1-2H3,(H,16,20). The van der Waals surface area contributed by atoms with Crippen molar-refractivity contribution in [3.05, 3.63) is 56.6 Å². The van der Waals surface area contributed by atoms with Gasteiger partial charge in [-0.1, -0.05) is 6.07 Å². The van der Waals surface area contributed by atoms with Gasteiger partial charge in [0, 0.05) is 30.2 Å². The fourth-order valence-corrected chi connectivity index (χ4v) is 2.48. The fourth-order valence-electron chi connectivity index (χ4n) is 1.83. The molecule has 1 N–H and O–H groups in total. The second-order valence-electron chi connectivity index (χ2n) is 5.01. The van der Waals surface area contributed by atoms with Crippen LogP contribution in [0, 0.1) is 0 Å². The van der Waals surface area contributed by atoms with Gasteiger partial charge in [0.15, 0.2) is 0 Å². The number of aromatic nitrogens is 1. The van der Waals surface area contributed by atoms with Gasteiger partial charge in [-0.2, -0.15) is 0 Å². The molecular weight excluding hydrogens is 286 g/mol. The summed E-state index contributed by atoms with van der Waals surface area (Å²) < 4.78 is 1.57. The summed E-state index contributed by atoms with van der Waals surface area (Å²) in [5.41, 5.74) is 0.413. The first-order valence-corrected chi connectivity index (χ1v) is 7.60. The molecule has 0 unspecified atom stereocenters. The van der Waals surface area contributed by atoms with Gasteiger partial charge in [0.05, 0.1) is 12.1 Å². The number of carbonyl (C=O) groups excluding carboxylic acids is 1. The van der Waals surface area contributed by atoms with Crippen LogP contribution in [0.1, 0.15) is 15.2 Å². The molecule has 2 aromatic rings. The maximum absolute atomic E-state index is 12.1. The van der Waals surface area contributed by atoms with E-state index in [9.17, 15) is 9.59 Å². The highest BCUT2D eigenvalue weighted by atomic mass is 32.1. The van der Waals surface area contributed by atoms with Gasteiger partial charge in [0.25, 0.3) is 11.5 Å². The van der Waals surface area contributed by atoms with E-state index in [1.807, 2.05) is 36.5 Å². The third kappa shape index (κ3) is 4.54. The monoisotopic (exact) mass is 305 g/mol. The molecule has 0 saturated carbocycles. The second-order valence-corrected chi connectivity index (χ2v) is 6.05. The van der Waals surface area contributed by atoms with E-state index in [0.717, 1.165) is 11.4 Å². The molecule has 0 spiro atoms. The molecule has 0 aliphatic heterocycles. The van der Waals surface area contributed by atoms with Crippen molar-refractivity contribution in [2.45, 2.75) is 13.1 Å². The van der Waals surface area contributed by atoms with Crippen LogP contribution in [0.2, 0.25) is 0 Å². The Morgan fingerprint density at radius 3 is 2.81 bits per heavy atom. The lowest BCUT2D eigenvalue weighted by Gasteiger charge is -2.12. The smallest absolute Gasteiger partial charge is 0.253 e. The van der Waals surface area contributed by atoms with Crippen LogP contribution >= 0.6 is 11.3 Å². The maximum Gasteiger partial charge on any atom is 0.253 e. The van der Waals surface area contributed by atoms with Crippen molar-refractivity contribution in [3.63, 3.8) is 0 Å². The van der Waals surface area contributed by atoms with Crippen LogP contribution in [0.25, 0.3) is 0 Å². The molecule has 0 aliphatic carbocycles. The lowest BCUT2D eigenvalue weighted by molar-refractivity contribution is 0.0950. The molecule has 21 heavy (non-hydrogen) atoms. The average Bonchev–Trinajstić information content (AvgIpc) is 2.97. The van der Waals surface area contributed by atoms with Gasteiger partial charge in [-0.05, 0) is 31.6 Å². The van der Waals surface area contributed by atoms with E-state index < -0.39 is 0 Å². The third-order valence-electron chi connectivity index (χ3n) is 3.04. The minimum atomic E-state index is -0.165. The molecule has 2 heterocycles. The van der Waals surface area contributed by atoms with Crippen LogP contribution in [-0.2, 0) is 13.1 Å². The third-order valence-corrected chi connectivity index (χ3v) is 3.91. The Kier molecular flexibility index (Phi) is 5.30. The molecular formula is C15H19N3O2S. The molecule has 2 aromatic heterocycles. The molecule has 0 saturated heterocycles. The van der Waals surface area contributed by atoms with Crippen LogP contribution in [-0.4, -0.2) is 36.0 Å². The number of amides is 1. The summed E-state index contributed by atoms with van der Waals surface area (Å²) in [5, 5.41) is 4.83. The predicted molar refractivity (Wildman–Crippen MR) is 84.7 cm³/mol. The predicted octanol–water partition coefficient (Wildman–Crippen LogP) is 1.40. The van der Waals surface area contributed by atoms with Gasteiger partial charge in [-0.25, -0.2) is 0 Å². The largest absolute Gasteiger partial charge is 0.347 e. The van der Waals surface area contributed by atoms with E-state index in [0.29, 0.717) is 18.7 Å². The molecule has 0 aromatic carbocycles. The van der Waals surface area contributed by atoms with Crippen molar-refractivity contribution in [2.75, 3.05) is 20.6 Å². The van der Waals surface area contributed by atoms with E-state index in [-0.39, 0.29) is 11.5 Å². The van der Waals surface area contributed by atoms with Crippen molar-refractivity contribution in [3.8, 4) is 0 Å². The highest BCUT2D eigenvalue weighted by molar-refractivity contribution is 7.09. The fraction of sp³-hybridized carbons (Fsp3) is 0.333. The van der Waals surface area contributed by atoms with Crippen LogP contribution in [0.3, 0.4) is 0 Å². The minimum absolute atomic E-state index is 0.0911. The Bertz CT molecular complexity index is 647. The van der Waals surface area contributed by atoms with Crippen LogP contribution in [0.4, 0.5) is 0 Å². The summed E-state index contributed by atoms with van der Waals surface area (Å²) in [5.74, 6) is -0.165. The average molecular weight is 305 g/mol. The van der Waals surface area contributed by atoms with Gasteiger partial charge in [-0.15, -0.1) is 11.3 Å². The summed E-state index contributed by atoms with van der Waals surface area (Å²) in [6, 6.07) is 6.94. The van der Waals surface area contributed by atoms with Crippen LogP contribution < -0.4 is 10.9 Å². The zero-order valence-electron chi connectivity index (χ0n) is 12.2. The number of carbonyl (C=O) groups is 1. The number of hydrogen-bond donors (Lipinski definition) is 1. The number of rotatable bonds is 6. The van der Waals surface area contributed by atoms with Crippen LogP contribution in [0.15, 0.2) is 40.6 Å². The number of pyridine rings is 1. The summed E-state index contributed by atoms with van der Waals surface area (Å²) in [6.45, 7) is 1.82. The number of thiophene rings is 1. The van der Waals surface area contributed by atoms with E-state index in [4.69, 9.17) is 0 Å². The van der Waals surface area contributed by atoms with Gasteiger partial charge < -0.3 is 14.8 Å². The van der Waals surface area contributed by atoms with E-state index in [2.05, 4.69) is 5.32 Å². The first kappa shape index (κ1) is 15.5. The maximum atomic E-state index is 12.1. The molecule has 112 valence electrons. The molecule has 5 nitrogen and oxygen atoms in total. The summed E-state index contributed by atoms with van der Waals surface area (Å²) in [4.78, 5) is 27.0. The Morgan fingerprint density at radius 1 is 1.33 bits per heavy atom. The summed E-state index contributed by atoms with van der Waals surface area (Å²) in [7, 11) is 3.89. The van der Waals surface area contributed by atoms with E-state index in [1.165, 1.54) is 6.07 Å². The zero-order chi connectivity index (χ0) is 15.2. The molecule has 0 atom stereocenters. The van der Waals surface area contributed by atoms with Gasteiger partial charge in [0.2, 0.25) is 0 Å². The Labute approximate surface area is 127 Å². The van der Waals surface area contributed by atoms with Crippen LogP contribution in [0.5, 0.6) is 0 Å². The minimum Gasteiger partial charge on any atom is -0.347 e. The first-order valence-electron chi connectivity index (χ1n) is 6.72. The lowest BCUT2D eigenvalue weighted by atomic mass is 10.2. The normalized spacial score (nSPS) is 10.8. The number of nitrogens with one attached hydrogen (secondary N) is 1. The molecule has 1 amide bonds. The topological polar surface area (TPSA) is 54.3 Å². The van der Waals surface area contributed by atoms with Gasteiger partial charge >= 0.3 is 0 Å². The number of likely N-dealkylation sites (N-methyl/N-ethyl adjacent to an activating group) is 1. The van der Waals surface area contributed by atoms with Gasteiger partial charge in [-0.3, -0.25) is 9.59 Å². The van der Waals surface area contributed by atoms with Crippen molar-refractivity contribution < 1.29 is 4.79 Å². The van der Waals surface area contributed by atoms with E-state index in [1.54, 1.807) is 28.2 Å². The molecule has 2 rings (SSSR count). The Hall–Kier alpha value is -1.92. The molecule has 0 bridgehead atoms. The lowest BCUT2D eigenvalue weighted by Crippen LogP contribution is -2.28. The molecule has 0 aliphatic rings. The Balaban J connectivity index is 2.03. The summed E-state index contributed by atoms with van der Waals surface area (Å²) >= 11 is 1.60. The summed E-state index contributed by atoms with van der Waals surface area (Å²) in [6.07, 6.45) is 1.62. The molecule has 6 heteroatoms. The Morgan fingerprint density at radius 2 is 2.14 bits per heavy atom. The highest BCUT2D eigenvalue weighted by Gasteiger charge is 2.08. The highest BCUT2D eigenvalue weighted by Crippen LogP contribution is 2.08. The molecule has 0 fully saturated rings. The quantitative estimate of drug-likeness (QED) is 0.878. The van der Waals surface area contributed by atoms with Gasteiger partial charge in [0.1, 0.15) is 0 Å².